The number of aliphatic hydroxyl groups is 1. The molecule has 0 spiro atoms. The minimum Gasteiger partial charge on any atom is -0.469 e. The Labute approximate surface area is 93.5 Å². The van der Waals surface area contributed by atoms with E-state index in [1.54, 1.807) is 10.9 Å². The molecule has 1 N–H and O–H groups in total. The number of hydrogen-bond donors (Lipinski definition) is 1. The Hall–Kier alpha value is -1.55. The highest BCUT2D eigenvalue weighted by Crippen LogP contribution is 2.40. The van der Waals surface area contributed by atoms with Crippen LogP contribution in [0.25, 0.3) is 0 Å². The fourth-order valence-corrected chi connectivity index (χ4v) is 2.44. The quantitative estimate of drug-likeness (QED) is 0.790. The third-order valence-corrected chi connectivity index (χ3v) is 3.27. The average molecular weight is 218 g/mol. The van der Waals surface area contributed by atoms with Crippen LogP contribution in [0, 0.1) is 0 Å². The van der Waals surface area contributed by atoms with E-state index in [-0.39, 0.29) is 0 Å². The molecule has 0 saturated carbocycles. The van der Waals surface area contributed by atoms with Gasteiger partial charge in [-0.05, 0) is 25.0 Å². The van der Waals surface area contributed by atoms with Crippen LogP contribution in [0.3, 0.4) is 0 Å². The summed E-state index contributed by atoms with van der Waals surface area (Å²) in [6.45, 7) is 0. The van der Waals surface area contributed by atoms with Gasteiger partial charge in [-0.25, -0.2) is 0 Å². The van der Waals surface area contributed by atoms with Crippen molar-refractivity contribution in [3.8, 4) is 0 Å². The fraction of sp³-hybridized carbons (Fsp3) is 0.417. The van der Waals surface area contributed by atoms with Crippen LogP contribution < -0.4 is 0 Å². The Morgan fingerprint density at radius 1 is 1.50 bits per heavy atom. The van der Waals surface area contributed by atoms with E-state index < -0.39 is 5.60 Å². The van der Waals surface area contributed by atoms with Crippen molar-refractivity contribution >= 4 is 0 Å². The molecule has 1 aliphatic carbocycles. The number of nitrogens with zero attached hydrogens (tertiary/aromatic N) is 2. The summed E-state index contributed by atoms with van der Waals surface area (Å²) in [6.07, 6.45) is 6.02. The average Bonchev–Trinajstić information content (AvgIpc) is 2.87. The van der Waals surface area contributed by atoms with Gasteiger partial charge >= 0.3 is 0 Å². The van der Waals surface area contributed by atoms with Crippen molar-refractivity contribution in [1.29, 1.82) is 0 Å². The second-order valence-corrected chi connectivity index (χ2v) is 4.35. The zero-order valence-corrected chi connectivity index (χ0v) is 9.18. The molecule has 84 valence electrons. The molecule has 0 bridgehead atoms. The second kappa shape index (κ2) is 3.22. The SMILES string of the molecule is Cn1ccc(C2(O)CCCc3occc32)n1. The minimum absolute atomic E-state index is 0.705. The molecule has 0 amide bonds. The number of aryl methyl sites for hydroxylation is 2. The van der Waals surface area contributed by atoms with Gasteiger partial charge in [-0.2, -0.15) is 5.10 Å². The van der Waals surface area contributed by atoms with Crippen LogP contribution in [-0.2, 0) is 19.1 Å². The molecule has 2 aromatic rings. The van der Waals surface area contributed by atoms with Gasteiger partial charge < -0.3 is 9.52 Å². The molecule has 3 rings (SSSR count). The molecular formula is C12H14N2O2. The molecule has 1 unspecified atom stereocenters. The van der Waals surface area contributed by atoms with Crippen LogP contribution in [0.4, 0.5) is 0 Å². The Morgan fingerprint density at radius 2 is 2.38 bits per heavy atom. The summed E-state index contributed by atoms with van der Waals surface area (Å²) in [5.74, 6) is 0.888. The van der Waals surface area contributed by atoms with E-state index in [4.69, 9.17) is 4.42 Å². The molecule has 0 radical (unpaired) electrons. The predicted octanol–water partition coefficient (Wildman–Crippen LogP) is 1.59. The molecule has 0 aliphatic heterocycles. The molecule has 16 heavy (non-hydrogen) atoms. The number of aromatic nitrogens is 2. The summed E-state index contributed by atoms with van der Waals surface area (Å²) >= 11 is 0. The summed E-state index contributed by atoms with van der Waals surface area (Å²) in [5.41, 5.74) is 0.608. The van der Waals surface area contributed by atoms with Crippen molar-refractivity contribution in [2.24, 2.45) is 7.05 Å². The highest BCUT2D eigenvalue weighted by molar-refractivity contribution is 5.35. The lowest BCUT2D eigenvalue weighted by atomic mass is 9.81. The van der Waals surface area contributed by atoms with Crippen LogP contribution >= 0.6 is 0 Å². The molecule has 0 aromatic carbocycles. The first-order chi connectivity index (χ1) is 7.70. The molecule has 1 atom stereocenters. The van der Waals surface area contributed by atoms with Gasteiger partial charge in [0, 0.05) is 25.2 Å². The topological polar surface area (TPSA) is 51.2 Å². The zero-order chi connectivity index (χ0) is 11.2. The largest absolute Gasteiger partial charge is 0.469 e. The number of fused-ring (bicyclic) bond motifs is 1. The van der Waals surface area contributed by atoms with Gasteiger partial charge in [-0.3, -0.25) is 4.68 Å². The summed E-state index contributed by atoms with van der Waals surface area (Å²) < 4.78 is 7.10. The van der Waals surface area contributed by atoms with Crippen molar-refractivity contribution in [3.63, 3.8) is 0 Å². The maximum absolute atomic E-state index is 10.8. The molecule has 0 fully saturated rings. The normalized spacial score (nSPS) is 24.4. The van der Waals surface area contributed by atoms with Crippen molar-refractivity contribution in [1.82, 2.24) is 9.78 Å². The Balaban J connectivity index is 2.13. The van der Waals surface area contributed by atoms with E-state index in [0.29, 0.717) is 12.1 Å². The first kappa shape index (κ1) is 9.66. The van der Waals surface area contributed by atoms with Crippen LogP contribution in [0.15, 0.2) is 29.0 Å². The molecule has 1 aliphatic rings. The van der Waals surface area contributed by atoms with Crippen molar-refractivity contribution in [3.05, 3.63) is 41.6 Å². The van der Waals surface area contributed by atoms with Gasteiger partial charge in [-0.1, -0.05) is 0 Å². The summed E-state index contributed by atoms with van der Waals surface area (Å²) in [6, 6.07) is 3.71. The van der Waals surface area contributed by atoms with E-state index in [2.05, 4.69) is 5.10 Å². The van der Waals surface area contributed by atoms with Gasteiger partial charge in [0.05, 0.1) is 12.0 Å². The Morgan fingerprint density at radius 3 is 3.12 bits per heavy atom. The van der Waals surface area contributed by atoms with Gasteiger partial charge in [-0.15, -0.1) is 0 Å². The molecular weight excluding hydrogens is 204 g/mol. The number of rotatable bonds is 1. The highest BCUT2D eigenvalue weighted by Gasteiger charge is 2.39. The van der Waals surface area contributed by atoms with Crippen LogP contribution in [0.2, 0.25) is 0 Å². The third kappa shape index (κ3) is 1.23. The maximum atomic E-state index is 10.8. The Bertz CT molecular complexity index is 515. The first-order valence-electron chi connectivity index (χ1n) is 5.49. The van der Waals surface area contributed by atoms with Crippen LogP contribution in [0.5, 0.6) is 0 Å². The summed E-state index contributed by atoms with van der Waals surface area (Å²) in [4.78, 5) is 0. The molecule has 4 heteroatoms. The third-order valence-electron chi connectivity index (χ3n) is 3.27. The van der Waals surface area contributed by atoms with Crippen molar-refractivity contribution in [2.75, 3.05) is 0 Å². The lowest BCUT2D eigenvalue weighted by molar-refractivity contribution is 0.0540. The summed E-state index contributed by atoms with van der Waals surface area (Å²) in [5, 5.41) is 15.1. The smallest absolute Gasteiger partial charge is 0.137 e. The van der Waals surface area contributed by atoms with Crippen molar-refractivity contribution < 1.29 is 9.52 Å². The monoisotopic (exact) mass is 218 g/mol. The van der Waals surface area contributed by atoms with Gasteiger partial charge in [0.1, 0.15) is 11.4 Å². The van der Waals surface area contributed by atoms with E-state index in [1.165, 1.54) is 0 Å². The molecule has 0 saturated heterocycles. The predicted molar refractivity (Wildman–Crippen MR) is 57.9 cm³/mol. The Kier molecular flexibility index (Phi) is 1.94. The molecule has 2 aromatic heterocycles. The number of furan rings is 1. The first-order valence-corrected chi connectivity index (χ1v) is 5.49. The van der Waals surface area contributed by atoms with Crippen LogP contribution in [-0.4, -0.2) is 14.9 Å². The molecule has 2 heterocycles. The second-order valence-electron chi connectivity index (χ2n) is 4.35. The van der Waals surface area contributed by atoms with Crippen molar-refractivity contribution in [2.45, 2.75) is 24.9 Å². The lowest BCUT2D eigenvalue weighted by Crippen LogP contribution is -2.31. The van der Waals surface area contributed by atoms with E-state index in [1.807, 2.05) is 25.4 Å². The maximum Gasteiger partial charge on any atom is 0.137 e. The van der Waals surface area contributed by atoms with E-state index >= 15 is 0 Å². The molecule has 4 nitrogen and oxygen atoms in total. The van der Waals surface area contributed by atoms with Crippen LogP contribution in [0.1, 0.15) is 29.9 Å². The minimum atomic E-state index is -0.970. The van der Waals surface area contributed by atoms with E-state index in [0.717, 1.165) is 24.2 Å². The number of hydrogen-bond acceptors (Lipinski definition) is 3. The standard InChI is InChI=1S/C12H14N2O2/c1-14-7-4-11(13-14)12(15)6-2-3-10-9(12)5-8-16-10/h4-5,7-8,15H,2-3,6H2,1H3. The lowest BCUT2D eigenvalue weighted by Gasteiger charge is -2.29. The highest BCUT2D eigenvalue weighted by atomic mass is 16.3. The fourth-order valence-electron chi connectivity index (χ4n) is 2.44. The summed E-state index contributed by atoms with van der Waals surface area (Å²) in [7, 11) is 1.85. The van der Waals surface area contributed by atoms with Gasteiger partial charge in [0.15, 0.2) is 0 Å². The van der Waals surface area contributed by atoms with Gasteiger partial charge in [0.25, 0.3) is 0 Å². The van der Waals surface area contributed by atoms with Gasteiger partial charge in [0.2, 0.25) is 0 Å². The van der Waals surface area contributed by atoms with E-state index in [9.17, 15) is 5.11 Å². The zero-order valence-electron chi connectivity index (χ0n) is 9.18.